The van der Waals surface area contributed by atoms with Crippen LogP contribution < -0.4 is 11.1 Å². The van der Waals surface area contributed by atoms with Crippen LogP contribution in [0.2, 0.25) is 0 Å². The van der Waals surface area contributed by atoms with Crippen molar-refractivity contribution in [2.75, 3.05) is 26.2 Å². The molecule has 6 nitrogen and oxygen atoms in total. The van der Waals surface area contributed by atoms with Crippen molar-refractivity contribution in [3.63, 3.8) is 0 Å². The number of aliphatic carboxylic acids is 1. The minimum absolute atomic E-state index is 0.0456. The van der Waals surface area contributed by atoms with Crippen molar-refractivity contribution in [3.05, 3.63) is 0 Å². The molecule has 0 bridgehead atoms. The Hall–Kier alpha value is -1.14. The second-order valence-corrected chi connectivity index (χ2v) is 4.35. The first-order valence-electron chi connectivity index (χ1n) is 6.06. The lowest BCUT2D eigenvalue weighted by Crippen LogP contribution is -2.42. The zero-order chi connectivity index (χ0) is 12.7. The molecule has 6 heteroatoms. The van der Waals surface area contributed by atoms with Crippen molar-refractivity contribution in [3.8, 4) is 0 Å². The molecular formula is C11H21N3O3. The largest absolute Gasteiger partial charge is 0.481 e. The number of nitrogens with two attached hydrogens (primary N) is 1. The van der Waals surface area contributed by atoms with E-state index in [1.165, 1.54) is 0 Å². The van der Waals surface area contributed by atoms with Crippen LogP contribution >= 0.6 is 0 Å². The van der Waals surface area contributed by atoms with Crippen LogP contribution in [0.4, 0.5) is 0 Å². The van der Waals surface area contributed by atoms with E-state index in [1.54, 1.807) is 0 Å². The average Bonchev–Trinajstić information content (AvgIpc) is 2.71. The quantitative estimate of drug-likeness (QED) is 0.518. The molecule has 0 spiro atoms. The van der Waals surface area contributed by atoms with Crippen LogP contribution in [0.15, 0.2) is 0 Å². The van der Waals surface area contributed by atoms with Gasteiger partial charge in [-0.05, 0) is 25.8 Å². The number of carbonyl (C=O) groups excluding carboxylic acids is 1. The Morgan fingerprint density at radius 1 is 1.47 bits per heavy atom. The van der Waals surface area contributed by atoms with Crippen molar-refractivity contribution in [2.24, 2.45) is 5.73 Å². The molecule has 1 unspecified atom stereocenters. The number of rotatable bonds is 7. The molecule has 0 aromatic carbocycles. The van der Waals surface area contributed by atoms with E-state index >= 15 is 0 Å². The van der Waals surface area contributed by atoms with Gasteiger partial charge in [0.1, 0.15) is 0 Å². The van der Waals surface area contributed by atoms with Crippen molar-refractivity contribution < 1.29 is 14.7 Å². The first kappa shape index (κ1) is 13.9. The van der Waals surface area contributed by atoms with Gasteiger partial charge in [-0.1, -0.05) is 0 Å². The smallest absolute Gasteiger partial charge is 0.303 e. The summed E-state index contributed by atoms with van der Waals surface area (Å²) in [5, 5.41) is 11.2. The van der Waals surface area contributed by atoms with E-state index < -0.39 is 5.97 Å². The molecule has 4 N–H and O–H groups in total. The summed E-state index contributed by atoms with van der Waals surface area (Å²) in [5.74, 6) is -0.877. The lowest BCUT2D eigenvalue weighted by Gasteiger charge is -2.22. The van der Waals surface area contributed by atoms with E-state index in [0.29, 0.717) is 32.1 Å². The molecular weight excluding hydrogens is 222 g/mol. The highest BCUT2D eigenvalue weighted by atomic mass is 16.4. The van der Waals surface area contributed by atoms with Crippen LogP contribution in [0, 0.1) is 0 Å². The van der Waals surface area contributed by atoms with Gasteiger partial charge in [0.2, 0.25) is 5.91 Å². The molecule has 1 aliphatic heterocycles. The van der Waals surface area contributed by atoms with Crippen LogP contribution in [0.5, 0.6) is 0 Å². The zero-order valence-corrected chi connectivity index (χ0v) is 10.0. The molecule has 0 saturated carbocycles. The van der Waals surface area contributed by atoms with Gasteiger partial charge in [0, 0.05) is 25.6 Å². The number of carboxylic acids is 1. The highest BCUT2D eigenvalue weighted by Crippen LogP contribution is 2.14. The van der Waals surface area contributed by atoms with Gasteiger partial charge in [0.05, 0.1) is 6.54 Å². The normalized spacial score (nSPS) is 20.4. The second-order valence-electron chi connectivity index (χ2n) is 4.35. The summed E-state index contributed by atoms with van der Waals surface area (Å²) in [6.07, 6.45) is 2.72. The molecule has 0 radical (unpaired) electrons. The summed E-state index contributed by atoms with van der Waals surface area (Å²) in [4.78, 5) is 23.9. The molecule has 1 atom stereocenters. The van der Waals surface area contributed by atoms with E-state index in [1.807, 2.05) is 0 Å². The molecule has 1 heterocycles. The minimum atomic E-state index is -0.831. The third-order valence-electron chi connectivity index (χ3n) is 3.01. The van der Waals surface area contributed by atoms with Gasteiger partial charge in [0.15, 0.2) is 0 Å². The molecule has 1 rings (SSSR count). The summed E-state index contributed by atoms with van der Waals surface area (Å²) in [6.45, 7) is 2.30. The van der Waals surface area contributed by atoms with Gasteiger partial charge < -0.3 is 16.2 Å². The van der Waals surface area contributed by atoms with Crippen molar-refractivity contribution >= 4 is 11.9 Å². The predicted molar refractivity (Wildman–Crippen MR) is 63.5 cm³/mol. The first-order chi connectivity index (χ1) is 8.13. The molecule has 0 aliphatic carbocycles. The number of carboxylic acid groups (broad SMARTS) is 1. The number of carbonyl (C=O) groups is 2. The van der Waals surface area contributed by atoms with E-state index in [-0.39, 0.29) is 12.3 Å². The van der Waals surface area contributed by atoms with Crippen LogP contribution in [0.25, 0.3) is 0 Å². The maximum atomic E-state index is 11.6. The van der Waals surface area contributed by atoms with Crippen LogP contribution in [0.3, 0.4) is 0 Å². The number of hydrogen-bond donors (Lipinski definition) is 3. The Morgan fingerprint density at radius 2 is 2.24 bits per heavy atom. The van der Waals surface area contributed by atoms with Crippen molar-refractivity contribution in [2.45, 2.75) is 31.7 Å². The highest BCUT2D eigenvalue weighted by Gasteiger charge is 2.24. The van der Waals surface area contributed by atoms with Gasteiger partial charge in [-0.15, -0.1) is 0 Å². The van der Waals surface area contributed by atoms with Gasteiger partial charge in [-0.3, -0.25) is 14.5 Å². The monoisotopic (exact) mass is 243 g/mol. The number of hydrogen-bond acceptors (Lipinski definition) is 4. The molecule has 1 saturated heterocycles. The summed E-state index contributed by atoms with van der Waals surface area (Å²) in [5.41, 5.74) is 5.62. The number of nitrogens with one attached hydrogen (secondary N) is 1. The van der Waals surface area contributed by atoms with Crippen LogP contribution in [0.1, 0.15) is 25.7 Å². The van der Waals surface area contributed by atoms with Gasteiger partial charge in [0.25, 0.3) is 0 Å². The van der Waals surface area contributed by atoms with Gasteiger partial charge in [-0.25, -0.2) is 0 Å². The predicted octanol–water partition coefficient (Wildman–Crippen LogP) is -0.609. The highest BCUT2D eigenvalue weighted by molar-refractivity contribution is 5.78. The maximum absolute atomic E-state index is 11.6. The Kier molecular flexibility index (Phi) is 5.93. The summed E-state index contributed by atoms with van der Waals surface area (Å²) < 4.78 is 0. The Bertz CT molecular complexity index is 271. The molecule has 1 aliphatic rings. The van der Waals surface area contributed by atoms with Crippen LogP contribution in [-0.2, 0) is 9.59 Å². The fraction of sp³-hybridized carbons (Fsp3) is 0.818. The Balaban J connectivity index is 2.14. The van der Waals surface area contributed by atoms with Crippen molar-refractivity contribution in [1.82, 2.24) is 10.2 Å². The minimum Gasteiger partial charge on any atom is -0.481 e. The number of amides is 1. The fourth-order valence-electron chi connectivity index (χ4n) is 2.08. The summed E-state index contributed by atoms with van der Waals surface area (Å²) >= 11 is 0. The molecule has 17 heavy (non-hydrogen) atoms. The van der Waals surface area contributed by atoms with E-state index in [4.69, 9.17) is 10.8 Å². The molecule has 1 amide bonds. The van der Waals surface area contributed by atoms with E-state index in [2.05, 4.69) is 10.2 Å². The first-order valence-corrected chi connectivity index (χ1v) is 6.06. The molecule has 0 aromatic heterocycles. The summed E-state index contributed by atoms with van der Waals surface area (Å²) in [6, 6.07) is 0.319. The number of likely N-dealkylation sites (tertiary alicyclic amines) is 1. The topological polar surface area (TPSA) is 95.7 Å². The average molecular weight is 243 g/mol. The molecule has 98 valence electrons. The Morgan fingerprint density at radius 3 is 2.88 bits per heavy atom. The molecule has 1 fully saturated rings. The third kappa shape index (κ3) is 5.14. The number of nitrogens with zero attached hydrogens (tertiary/aromatic N) is 1. The van der Waals surface area contributed by atoms with Crippen LogP contribution in [-0.4, -0.2) is 54.1 Å². The zero-order valence-electron chi connectivity index (χ0n) is 10.0. The maximum Gasteiger partial charge on any atom is 0.303 e. The van der Waals surface area contributed by atoms with Crippen molar-refractivity contribution in [1.29, 1.82) is 0 Å². The second kappa shape index (κ2) is 7.24. The SMILES string of the molecule is NCC1CCCN1CC(=O)NCCCC(=O)O. The lowest BCUT2D eigenvalue weighted by atomic mass is 10.2. The van der Waals surface area contributed by atoms with Gasteiger partial charge >= 0.3 is 5.97 Å². The lowest BCUT2D eigenvalue weighted by molar-refractivity contribution is -0.137. The Labute approximate surface area is 101 Å². The summed E-state index contributed by atoms with van der Waals surface area (Å²) in [7, 11) is 0. The fourth-order valence-corrected chi connectivity index (χ4v) is 2.08. The standard InChI is InChI=1S/C11H21N3O3/c12-7-9-3-2-6-14(9)8-10(15)13-5-1-4-11(16)17/h9H,1-8,12H2,(H,13,15)(H,16,17). The van der Waals surface area contributed by atoms with E-state index in [9.17, 15) is 9.59 Å². The molecule has 0 aromatic rings. The third-order valence-corrected chi connectivity index (χ3v) is 3.01. The van der Waals surface area contributed by atoms with Gasteiger partial charge in [-0.2, -0.15) is 0 Å². The van der Waals surface area contributed by atoms with E-state index in [0.717, 1.165) is 19.4 Å².